The number of furan rings is 1. The maximum atomic E-state index is 5.91. The van der Waals surface area contributed by atoms with Gasteiger partial charge in [-0.15, -0.1) is 11.8 Å². The van der Waals surface area contributed by atoms with Crippen LogP contribution in [0.4, 0.5) is 0 Å². The third kappa shape index (κ3) is 4.46. The number of benzene rings is 1. The average molecular weight is 268 g/mol. The van der Waals surface area contributed by atoms with E-state index in [4.69, 9.17) is 16.0 Å². The summed E-state index contributed by atoms with van der Waals surface area (Å²) in [7, 11) is 0. The Balaban J connectivity index is 1.63. The quantitative estimate of drug-likeness (QED) is 0.636. The molecule has 0 aliphatic heterocycles. The molecule has 0 saturated heterocycles. The van der Waals surface area contributed by atoms with Gasteiger partial charge in [0.2, 0.25) is 0 Å². The Morgan fingerprint density at radius 3 is 3.00 bits per heavy atom. The highest BCUT2D eigenvalue weighted by molar-refractivity contribution is 7.99. The molecule has 0 unspecified atom stereocenters. The monoisotopic (exact) mass is 267 g/mol. The first-order chi connectivity index (χ1) is 8.34. The fourth-order valence-electron chi connectivity index (χ4n) is 1.42. The normalized spacial score (nSPS) is 10.6. The molecular weight excluding hydrogens is 254 g/mol. The largest absolute Gasteiger partial charge is 0.472 e. The second-order valence-electron chi connectivity index (χ2n) is 3.61. The van der Waals surface area contributed by atoms with E-state index in [0.717, 1.165) is 23.9 Å². The van der Waals surface area contributed by atoms with E-state index in [0.29, 0.717) is 0 Å². The van der Waals surface area contributed by atoms with Crippen molar-refractivity contribution in [1.82, 2.24) is 5.32 Å². The van der Waals surface area contributed by atoms with Gasteiger partial charge in [0.15, 0.2) is 0 Å². The highest BCUT2D eigenvalue weighted by Crippen LogP contribution is 2.20. The molecule has 0 spiro atoms. The highest BCUT2D eigenvalue weighted by Gasteiger charge is 1.96. The molecule has 0 atom stereocenters. The van der Waals surface area contributed by atoms with Gasteiger partial charge in [-0.25, -0.2) is 0 Å². The number of hydrogen-bond donors (Lipinski definition) is 1. The molecule has 2 rings (SSSR count). The second kappa shape index (κ2) is 6.74. The minimum absolute atomic E-state index is 0.793. The lowest BCUT2D eigenvalue weighted by molar-refractivity contribution is 0.561. The number of rotatable bonds is 6. The van der Waals surface area contributed by atoms with Crippen LogP contribution < -0.4 is 5.32 Å². The lowest BCUT2D eigenvalue weighted by Crippen LogP contribution is -2.15. The zero-order valence-corrected chi connectivity index (χ0v) is 10.9. The van der Waals surface area contributed by atoms with E-state index < -0.39 is 0 Å². The molecule has 0 bridgehead atoms. The van der Waals surface area contributed by atoms with E-state index in [9.17, 15) is 0 Å². The molecule has 90 valence electrons. The van der Waals surface area contributed by atoms with Gasteiger partial charge in [-0.1, -0.05) is 17.7 Å². The van der Waals surface area contributed by atoms with Gasteiger partial charge in [0.1, 0.15) is 0 Å². The molecule has 0 aliphatic carbocycles. The first-order valence-electron chi connectivity index (χ1n) is 5.45. The van der Waals surface area contributed by atoms with Crippen molar-refractivity contribution in [1.29, 1.82) is 0 Å². The molecule has 4 heteroatoms. The standard InChI is InChI=1S/C13H14ClNOS/c14-12-2-1-3-13(8-12)17-7-5-15-9-11-4-6-16-10-11/h1-4,6,8,10,15H,5,7,9H2. The van der Waals surface area contributed by atoms with Gasteiger partial charge in [-0.2, -0.15) is 0 Å². The molecule has 0 radical (unpaired) electrons. The molecule has 0 fully saturated rings. The van der Waals surface area contributed by atoms with Crippen molar-refractivity contribution in [2.24, 2.45) is 0 Å². The predicted molar refractivity (Wildman–Crippen MR) is 72.6 cm³/mol. The van der Waals surface area contributed by atoms with Crippen molar-refractivity contribution in [2.75, 3.05) is 12.3 Å². The lowest BCUT2D eigenvalue weighted by atomic mass is 10.3. The van der Waals surface area contributed by atoms with Crippen LogP contribution in [-0.4, -0.2) is 12.3 Å². The third-order valence-electron chi connectivity index (χ3n) is 2.25. The fourth-order valence-corrected chi connectivity index (χ4v) is 2.55. The predicted octanol–water partition coefficient (Wildman–Crippen LogP) is 3.81. The van der Waals surface area contributed by atoms with Gasteiger partial charge < -0.3 is 9.73 Å². The Kier molecular flexibility index (Phi) is 4.98. The van der Waals surface area contributed by atoms with E-state index in [1.54, 1.807) is 24.3 Å². The van der Waals surface area contributed by atoms with E-state index >= 15 is 0 Å². The molecule has 0 saturated carbocycles. The second-order valence-corrected chi connectivity index (χ2v) is 5.22. The topological polar surface area (TPSA) is 25.2 Å². The molecule has 17 heavy (non-hydrogen) atoms. The summed E-state index contributed by atoms with van der Waals surface area (Å²) in [6.45, 7) is 1.81. The Hall–Kier alpha value is -0.900. The summed E-state index contributed by atoms with van der Waals surface area (Å²) in [4.78, 5) is 1.21. The van der Waals surface area contributed by atoms with Crippen LogP contribution in [-0.2, 0) is 6.54 Å². The van der Waals surface area contributed by atoms with Crippen molar-refractivity contribution in [3.63, 3.8) is 0 Å². The van der Waals surface area contributed by atoms with Crippen LogP contribution in [0.2, 0.25) is 5.02 Å². The summed E-state index contributed by atoms with van der Waals surface area (Å²) in [5.74, 6) is 1.03. The zero-order chi connectivity index (χ0) is 11.9. The fraction of sp³-hybridized carbons (Fsp3) is 0.231. The van der Waals surface area contributed by atoms with E-state index in [1.807, 2.05) is 24.3 Å². The molecule has 1 heterocycles. The van der Waals surface area contributed by atoms with Crippen molar-refractivity contribution in [3.05, 3.63) is 53.4 Å². The number of nitrogens with one attached hydrogen (secondary N) is 1. The van der Waals surface area contributed by atoms with Crippen LogP contribution in [0.1, 0.15) is 5.56 Å². The minimum atomic E-state index is 0.793. The van der Waals surface area contributed by atoms with Crippen LogP contribution in [0.3, 0.4) is 0 Å². The number of thioether (sulfide) groups is 1. The van der Waals surface area contributed by atoms with Crippen molar-refractivity contribution < 1.29 is 4.42 Å². The lowest BCUT2D eigenvalue weighted by Gasteiger charge is -2.03. The van der Waals surface area contributed by atoms with Gasteiger partial charge in [0.05, 0.1) is 12.5 Å². The minimum Gasteiger partial charge on any atom is -0.472 e. The Bertz CT molecular complexity index is 444. The molecule has 1 aromatic heterocycles. The molecular formula is C13H14ClNOS. The molecule has 0 amide bonds. The molecule has 2 aromatic rings. The summed E-state index contributed by atoms with van der Waals surface area (Å²) >= 11 is 7.71. The summed E-state index contributed by atoms with van der Waals surface area (Å²) in [6, 6.07) is 9.90. The molecule has 0 aliphatic rings. The SMILES string of the molecule is Clc1cccc(SCCNCc2ccoc2)c1. The average Bonchev–Trinajstić information content (AvgIpc) is 2.82. The van der Waals surface area contributed by atoms with Crippen molar-refractivity contribution in [3.8, 4) is 0 Å². The summed E-state index contributed by atoms with van der Waals surface area (Å²) in [5, 5.41) is 4.15. The molecule has 1 aromatic carbocycles. The smallest absolute Gasteiger partial charge is 0.0947 e. The van der Waals surface area contributed by atoms with Gasteiger partial charge in [-0.05, 0) is 24.3 Å². The molecule has 1 N–H and O–H groups in total. The zero-order valence-electron chi connectivity index (χ0n) is 9.36. The van der Waals surface area contributed by atoms with Gasteiger partial charge >= 0.3 is 0 Å². The van der Waals surface area contributed by atoms with Gasteiger partial charge in [0.25, 0.3) is 0 Å². The van der Waals surface area contributed by atoms with Crippen molar-refractivity contribution in [2.45, 2.75) is 11.4 Å². The van der Waals surface area contributed by atoms with E-state index in [1.165, 1.54) is 10.5 Å². The maximum absolute atomic E-state index is 5.91. The summed E-state index contributed by atoms with van der Waals surface area (Å²) in [5.41, 5.74) is 1.18. The first kappa shape index (κ1) is 12.6. The Morgan fingerprint density at radius 2 is 2.24 bits per heavy atom. The van der Waals surface area contributed by atoms with Gasteiger partial charge in [0, 0.05) is 34.3 Å². The summed E-state index contributed by atoms with van der Waals surface area (Å²) < 4.78 is 4.99. The van der Waals surface area contributed by atoms with Crippen LogP contribution in [0.15, 0.2) is 52.2 Å². The highest BCUT2D eigenvalue weighted by atomic mass is 35.5. The first-order valence-corrected chi connectivity index (χ1v) is 6.81. The number of hydrogen-bond acceptors (Lipinski definition) is 3. The maximum Gasteiger partial charge on any atom is 0.0947 e. The van der Waals surface area contributed by atoms with Gasteiger partial charge in [-0.3, -0.25) is 0 Å². The van der Waals surface area contributed by atoms with Crippen LogP contribution in [0, 0.1) is 0 Å². The summed E-state index contributed by atoms with van der Waals surface area (Å²) in [6.07, 6.45) is 3.45. The van der Waals surface area contributed by atoms with Crippen LogP contribution in [0.5, 0.6) is 0 Å². The van der Waals surface area contributed by atoms with Crippen LogP contribution >= 0.6 is 23.4 Å². The third-order valence-corrected chi connectivity index (χ3v) is 3.48. The number of halogens is 1. The van der Waals surface area contributed by atoms with E-state index in [-0.39, 0.29) is 0 Å². The Labute approximate surface area is 110 Å². The Morgan fingerprint density at radius 1 is 1.29 bits per heavy atom. The van der Waals surface area contributed by atoms with Crippen LogP contribution in [0.25, 0.3) is 0 Å². The molecule has 2 nitrogen and oxygen atoms in total. The van der Waals surface area contributed by atoms with E-state index in [2.05, 4.69) is 11.4 Å². The van der Waals surface area contributed by atoms with Crippen molar-refractivity contribution >= 4 is 23.4 Å².